The fraction of sp³-hybridized carbons (Fsp3) is 0.800. The number of hydrogen-bond donors (Lipinski definition) is 2. The Bertz CT molecular complexity index is 133. The van der Waals surface area contributed by atoms with E-state index in [4.69, 9.17) is 9.84 Å². The topological polar surface area (TPSA) is 61.8 Å². The van der Waals surface area contributed by atoms with Crippen LogP contribution in [0.25, 0.3) is 0 Å². The summed E-state index contributed by atoms with van der Waals surface area (Å²) < 4.78 is 5.01. The standard InChI is InChI=1S/C5H10N2O3/c1-7(5(8)9)4-2-6-3-10-4/h4,6H,2-3H2,1H3,(H,8,9). The van der Waals surface area contributed by atoms with Gasteiger partial charge in [0.1, 0.15) is 6.23 Å². The molecule has 0 aromatic heterocycles. The van der Waals surface area contributed by atoms with Crippen molar-refractivity contribution in [2.45, 2.75) is 6.23 Å². The van der Waals surface area contributed by atoms with Crippen molar-refractivity contribution in [1.82, 2.24) is 10.2 Å². The molecule has 1 fully saturated rings. The van der Waals surface area contributed by atoms with Gasteiger partial charge >= 0.3 is 6.09 Å². The van der Waals surface area contributed by atoms with Gasteiger partial charge in [-0.15, -0.1) is 0 Å². The normalized spacial score (nSPS) is 24.7. The van der Waals surface area contributed by atoms with E-state index < -0.39 is 6.09 Å². The first-order chi connectivity index (χ1) is 4.72. The van der Waals surface area contributed by atoms with Gasteiger partial charge in [-0.3, -0.25) is 10.2 Å². The molecule has 0 aromatic rings. The Hall–Kier alpha value is -0.810. The smallest absolute Gasteiger partial charge is 0.409 e. The monoisotopic (exact) mass is 146 g/mol. The van der Waals surface area contributed by atoms with Crippen LogP contribution >= 0.6 is 0 Å². The first-order valence-electron chi connectivity index (χ1n) is 3.00. The van der Waals surface area contributed by atoms with Gasteiger partial charge in [-0.05, 0) is 0 Å². The van der Waals surface area contributed by atoms with Gasteiger partial charge < -0.3 is 9.84 Å². The molecule has 1 amide bonds. The van der Waals surface area contributed by atoms with E-state index >= 15 is 0 Å². The summed E-state index contributed by atoms with van der Waals surface area (Å²) in [4.78, 5) is 11.4. The van der Waals surface area contributed by atoms with Crippen LogP contribution in [0.2, 0.25) is 0 Å². The van der Waals surface area contributed by atoms with Crippen LogP contribution in [0, 0.1) is 0 Å². The lowest BCUT2D eigenvalue weighted by atomic mass is 10.5. The first-order valence-corrected chi connectivity index (χ1v) is 3.00. The van der Waals surface area contributed by atoms with E-state index in [1.54, 1.807) is 0 Å². The van der Waals surface area contributed by atoms with E-state index in [0.29, 0.717) is 13.3 Å². The Morgan fingerprint density at radius 2 is 2.60 bits per heavy atom. The third kappa shape index (κ3) is 1.37. The molecule has 1 rings (SSSR count). The van der Waals surface area contributed by atoms with Crippen LogP contribution in [0.4, 0.5) is 4.79 Å². The number of nitrogens with one attached hydrogen (secondary N) is 1. The van der Waals surface area contributed by atoms with Crippen LogP contribution in [0.1, 0.15) is 0 Å². The molecule has 1 heterocycles. The molecule has 0 aliphatic carbocycles. The lowest BCUT2D eigenvalue weighted by molar-refractivity contribution is 0.00840. The summed E-state index contributed by atoms with van der Waals surface area (Å²) in [6.45, 7) is 1.01. The summed E-state index contributed by atoms with van der Waals surface area (Å²) in [5, 5.41) is 11.3. The molecule has 58 valence electrons. The maximum Gasteiger partial charge on any atom is 0.409 e. The highest BCUT2D eigenvalue weighted by Gasteiger charge is 2.22. The zero-order chi connectivity index (χ0) is 7.56. The molecule has 0 spiro atoms. The van der Waals surface area contributed by atoms with Gasteiger partial charge in [0.15, 0.2) is 0 Å². The summed E-state index contributed by atoms with van der Waals surface area (Å²) in [6, 6.07) is 0. The molecule has 5 heteroatoms. The number of amides is 1. The van der Waals surface area contributed by atoms with E-state index in [1.807, 2.05) is 0 Å². The van der Waals surface area contributed by atoms with Gasteiger partial charge in [0, 0.05) is 13.6 Å². The molecular weight excluding hydrogens is 136 g/mol. The number of rotatable bonds is 1. The minimum absolute atomic E-state index is 0.322. The second-order valence-electron chi connectivity index (χ2n) is 2.11. The van der Waals surface area contributed by atoms with E-state index in [1.165, 1.54) is 7.05 Å². The Balaban J connectivity index is 2.39. The highest BCUT2D eigenvalue weighted by Crippen LogP contribution is 2.01. The summed E-state index contributed by atoms with van der Waals surface area (Å²) in [5.41, 5.74) is 0. The number of likely N-dealkylation sites (N-methyl/N-ethyl adjacent to an activating group) is 1. The molecule has 10 heavy (non-hydrogen) atoms. The zero-order valence-corrected chi connectivity index (χ0v) is 5.70. The maximum absolute atomic E-state index is 10.3. The van der Waals surface area contributed by atoms with Crippen LogP contribution in [0.5, 0.6) is 0 Å². The quantitative estimate of drug-likeness (QED) is 0.523. The van der Waals surface area contributed by atoms with E-state index in [0.717, 1.165) is 4.90 Å². The second-order valence-corrected chi connectivity index (χ2v) is 2.11. The van der Waals surface area contributed by atoms with Gasteiger partial charge in [-0.25, -0.2) is 4.79 Å². The predicted molar refractivity (Wildman–Crippen MR) is 33.5 cm³/mol. The molecule has 0 bridgehead atoms. The Kier molecular flexibility index (Phi) is 2.08. The molecule has 1 atom stereocenters. The minimum atomic E-state index is -0.964. The van der Waals surface area contributed by atoms with Crippen LogP contribution < -0.4 is 5.32 Å². The average Bonchev–Trinajstić information content (AvgIpc) is 2.36. The van der Waals surface area contributed by atoms with Crippen molar-refractivity contribution in [3.8, 4) is 0 Å². The van der Waals surface area contributed by atoms with Crippen LogP contribution in [0.3, 0.4) is 0 Å². The van der Waals surface area contributed by atoms with E-state index in [2.05, 4.69) is 5.32 Å². The van der Waals surface area contributed by atoms with E-state index in [-0.39, 0.29) is 6.23 Å². The second kappa shape index (κ2) is 2.85. The minimum Gasteiger partial charge on any atom is -0.465 e. The van der Waals surface area contributed by atoms with Crippen molar-refractivity contribution >= 4 is 6.09 Å². The molecule has 0 radical (unpaired) electrons. The highest BCUT2D eigenvalue weighted by atomic mass is 16.5. The fourth-order valence-electron chi connectivity index (χ4n) is 0.768. The molecule has 0 saturated carbocycles. The third-order valence-corrected chi connectivity index (χ3v) is 1.43. The first kappa shape index (κ1) is 7.30. The average molecular weight is 146 g/mol. The Labute approximate surface area is 58.6 Å². The van der Waals surface area contributed by atoms with Gasteiger partial charge in [0.25, 0.3) is 0 Å². The summed E-state index contributed by atoms with van der Waals surface area (Å²) >= 11 is 0. The third-order valence-electron chi connectivity index (χ3n) is 1.43. The summed E-state index contributed by atoms with van der Waals surface area (Å²) in [5.74, 6) is 0. The van der Waals surface area contributed by atoms with Gasteiger partial charge in [-0.1, -0.05) is 0 Å². The highest BCUT2D eigenvalue weighted by molar-refractivity contribution is 5.64. The van der Waals surface area contributed by atoms with Gasteiger partial charge in [-0.2, -0.15) is 0 Å². The van der Waals surface area contributed by atoms with Crippen molar-refractivity contribution in [3.63, 3.8) is 0 Å². The molecular formula is C5H10N2O3. The van der Waals surface area contributed by atoms with Crippen molar-refractivity contribution in [2.24, 2.45) is 0 Å². The molecule has 0 aromatic carbocycles. The molecule has 5 nitrogen and oxygen atoms in total. The molecule has 1 saturated heterocycles. The van der Waals surface area contributed by atoms with Crippen LogP contribution in [-0.4, -0.2) is 42.7 Å². The molecule has 1 unspecified atom stereocenters. The maximum atomic E-state index is 10.3. The van der Waals surface area contributed by atoms with Crippen molar-refractivity contribution < 1.29 is 14.6 Å². The van der Waals surface area contributed by atoms with Crippen LogP contribution in [0.15, 0.2) is 0 Å². The molecule has 1 aliphatic rings. The largest absolute Gasteiger partial charge is 0.465 e. The fourth-order valence-corrected chi connectivity index (χ4v) is 0.768. The molecule has 2 N–H and O–H groups in total. The van der Waals surface area contributed by atoms with Gasteiger partial charge in [0.05, 0.1) is 6.73 Å². The Morgan fingerprint density at radius 3 is 3.00 bits per heavy atom. The van der Waals surface area contributed by atoms with Crippen molar-refractivity contribution in [3.05, 3.63) is 0 Å². The number of hydrogen-bond acceptors (Lipinski definition) is 3. The van der Waals surface area contributed by atoms with Crippen molar-refractivity contribution in [2.75, 3.05) is 20.3 Å². The van der Waals surface area contributed by atoms with Gasteiger partial charge in [0.2, 0.25) is 0 Å². The number of ether oxygens (including phenoxy) is 1. The lowest BCUT2D eigenvalue weighted by Crippen LogP contribution is -2.38. The number of nitrogens with zero attached hydrogens (tertiary/aromatic N) is 1. The lowest BCUT2D eigenvalue weighted by Gasteiger charge is -2.18. The van der Waals surface area contributed by atoms with E-state index in [9.17, 15) is 4.79 Å². The SMILES string of the molecule is CN(C(=O)O)C1CNCO1. The van der Waals surface area contributed by atoms with Crippen LogP contribution in [-0.2, 0) is 4.74 Å². The molecule has 1 aliphatic heterocycles. The zero-order valence-electron chi connectivity index (χ0n) is 5.70. The predicted octanol–water partition coefficient (Wildman–Crippen LogP) is -0.500. The number of carbonyl (C=O) groups is 1. The summed E-state index contributed by atoms with van der Waals surface area (Å²) in [6.07, 6.45) is -1.29. The van der Waals surface area contributed by atoms with Crippen molar-refractivity contribution in [1.29, 1.82) is 0 Å². The summed E-state index contributed by atoms with van der Waals surface area (Å²) in [7, 11) is 1.49. The Morgan fingerprint density at radius 1 is 1.90 bits per heavy atom. The number of carboxylic acid groups (broad SMARTS) is 1.